The van der Waals surface area contributed by atoms with Gasteiger partial charge in [0.25, 0.3) is 0 Å². The molecule has 0 unspecified atom stereocenters. The van der Waals surface area contributed by atoms with Gasteiger partial charge in [-0.25, -0.2) is 4.98 Å². The Morgan fingerprint density at radius 2 is 1.01 bits per heavy atom. The summed E-state index contributed by atoms with van der Waals surface area (Å²) in [6.45, 7) is 33.1. The molecule has 0 aliphatic carbocycles. The van der Waals surface area contributed by atoms with E-state index in [0.717, 1.165) is 39.4 Å². The van der Waals surface area contributed by atoms with Crippen LogP contribution in [0.2, 0.25) is 0 Å². The Morgan fingerprint density at radius 3 is 1.66 bits per heavy atom. The molecule has 0 atom stereocenters. The van der Waals surface area contributed by atoms with Gasteiger partial charge in [-0.15, -0.1) is 0 Å². The monoisotopic (exact) mass is 899 g/mol. The number of hydrogen-bond acceptors (Lipinski definition) is 4. The lowest BCUT2D eigenvalue weighted by atomic mass is 9.77. The molecule has 5 heteroatoms. The van der Waals surface area contributed by atoms with Gasteiger partial charge in [0.05, 0.1) is 17.7 Å². The first-order chi connectivity index (χ1) is 32.0. The Bertz CT molecular complexity index is 3180. The molecule has 348 valence electrons. The molecule has 8 aromatic rings. The molecule has 6 aromatic carbocycles. The number of pyridine rings is 1. The maximum Gasteiger partial charge on any atom is 0.137 e. The summed E-state index contributed by atoms with van der Waals surface area (Å²) in [4.78, 5) is 10.1. The maximum absolute atomic E-state index is 7.21. The van der Waals surface area contributed by atoms with Crippen LogP contribution in [-0.4, -0.2) is 16.2 Å². The van der Waals surface area contributed by atoms with Gasteiger partial charge >= 0.3 is 0 Å². The van der Waals surface area contributed by atoms with Crippen molar-refractivity contribution in [3.63, 3.8) is 0 Å². The van der Waals surface area contributed by atoms with Gasteiger partial charge in [-0.05, 0) is 105 Å². The van der Waals surface area contributed by atoms with Crippen LogP contribution in [0.4, 0.5) is 11.4 Å². The van der Waals surface area contributed by atoms with Gasteiger partial charge in [0, 0.05) is 68.1 Å². The lowest BCUT2D eigenvalue weighted by Crippen LogP contribution is -2.31. The Balaban J connectivity index is 1.23. The molecular weight excluding hydrogens is 829 g/mol. The predicted octanol–water partition coefficient (Wildman–Crippen LogP) is 17.1. The SMILES string of the molecule is CC(C)(C)C1=C(C(C)(C)C)N(c2cc(Oc3ccc4c5cc(-c6ccccc6)ccc5n(-c5cc(C(C)(C)C)ccn5)c4c3)cc(C(C)(C)c3ccccc3)c2)CN1c1cccc(C(C)(C)C)c1. The van der Waals surface area contributed by atoms with Crippen molar-refractivity contribution in [2.45, 2.75) is 113 Å². The van der Waals surface area contributed by atoms with Crippen LogP contribution in [0.25, 0.3) is 38.8 Å². The molecule has 0 N–H and O–H groups in total. The molecule has 0 bridgehead atoms. The number of aromatic nitrogens is 2. The zero-order chi connectivity index (χ0) is 48.6. The fourth-order valence-electron chi connectivity index (χ4n) is 10.1. The van der Waals surface area contributed by atoms with E-state index in [1.54, 1.807) is 0 Å². The highest BCUT2D eigenvalue weighted by Gasteiger charge is 2.42. The summed E-state index contributed by atoms with van der Waals surface area (Å²) in [5, 5.41) is 2.32. The summed E-state index contributed by atoms with van der Waals surface area (Å²) in [6.07, 6.45) is 1.94. The van der Waals surface area contributed by atoms with Crippen LogP contribution in [0.3, 0.4) is 0 Å². The number of hydrogen-bond donors (Lipinski definition) is 0. The largest absolute Gasteiger partial charge is 0.457 e. The number of benzene rings is 6. The predicted molar refractivity (Wildman–Crippen MR) is 289 cm³/mol. The Morgan fingerprint density at radius 1 is 0.412 bits per heavy atom. The quantitative estimate of drug-likeness (QED) is 0.152. The lowest BCUT2D eigenvalue weighted by Gasteiger charge is -2.35. The van der Waals surface area contributed by atoms with Crippen molar-refractivity contribution in [2.75, 3.05) is 16.5 Å². The Labute approximate surface area is 406 Å². The van der Waals surface area contributed by atoms with E-state index in [0.29, 0.717) is 6.67 Å². The van der Waals surface area contributed by atoms with Crippen LogP contribution >= 0.6 is 0 Å². The van der Waals surface area contributed by atoms with Crippen LogP contribution in [0, 0.1) is 10.8 Å². The first kappa shape index (κ1) is 46.5. The molecule has 0 saturated heterocycles. The van der Waals surface area contributed by atoms with Crippen LogP contribution in [0.1, 0.15) is 119 Å². The van der Waals surface area contributed by atoms with Crippen molar-refractivity contribution < 1.29 is 4.74 Å². The number of rotatable bonds is 8. The van der Waals surface area contributed by atoms with Gasteiger partial charge < -0.3 is 14.5 Å². The lowest BCUT2D eigenvalue weighted by molar-refractivity contribution is 0.444. The number of nitrogens with zero attached hydrogens (tertiary/aromatic N) is 4. The van der Waals surface area contributed by atoms with Crippen LogP contribution in [-0.2, 0) is 16.2 Å². The summed E-state index contributed by atoms with van der Waals surface area (Å²) >= 11 is 0. The third-order valence-electron chi connectivity index (χ3n) is 13.8. The van der Waals surface area contributed by atoms with E-state index in [4.69, 9.17) is 9.72 Å². The fraction of sp³-hybridized carbons (Fsp3) is 0.317. The zero-order valence-corrected chi connectivity index (χ0v) is 42.9. The van der Waals surface area contributed by atoms with Gasteiger partial charge in [-0.1, -0.05) is 176 Å². The minimum Gasteiger partial charge on any atom is -0.457 e. The molecule has 1 aliphatic rings. The molecule has 3 heterocycles. The van der Waals surface area contributed by atoms with Crippen molar-refractivity contribution in [1.82, 2.24) is 9.55 Å². The van der Waals surface area contributed by atoms with E-state index in [-0.39, 0.29) is 27.1 Å². The van der Waals surface area contributed by atoms with Gasteiger partial charge in [0.15, 0.2) is 0 Å². The molecular formula is C63H70N4O. The van der Waals surface area contributed by atoms with Gasteiger partial charge in [-0.2, -0.15) is 0 Å². The van der Waals surface area contributed by atoms with Crippen molar-refractivity contribution >= 4 is 33.2 Å². The molecule has 68 heavy (non-hydrogen) atoms. The third-order valence-corrected chi connectivity index (χ3v) is 13.8. The zero-order valence-electron chi connectivity index (χ0n) is 42.9. The number of allylic oxidation sites excluding steroid dienone is 2. The van der Waals surface area contributed by atoms with Crippen LogP contribution < -0.4 is 14.5 Å². The highest BCUT2D eigenvalue weighted by Crippen LogP contribution is 2.50. The van der Waals surface area contributed by atoms with E-state index in [1.807, 2.05) is 6.20 Å². The molecule has 2 aromatic heterocycles. The maximum atomic E-state index is 7.21. The second-order valence-electron chi connectivity index (χ2n) is 23.6. The van der Waals surface area contributed by atoms with E-state index in [9.17, 15) is 0 Å². The minimum atomic E-state index is -0.328. The number of anilines is 2. The van der Waals surface area contributed by atoms with Crippen LogP contribution in [0.5, 0.6) is 11.5 Å². The van der Waals surface area contributed by atoms with Crippen molar-refractivity contribution in [3.05, 3.63) is 192 Å². The Kier molecular flexibility index (Phi) is 11.5. The number of ether oxygens (including phenoxy) is 1. The molecule has 0 saturated carbocycles. The molecule has 0 amide bonds. The highest BCUT2D eigenvalue weighted by atomic mass is 16.5. The number of fused-ring (bicyclic) bond motifs is 3. The molecule has 1 aliphatic heterocycles. The molecule has 0 radical (unpaired) electrons. The van der Waals surface area contributed by atoms with Gasteiger partial charge in [-0.3, -0.25) is 4.57 Å². The standard InChI is InChI=1S/C63H70N4O/c1-59(2,3)45-26-21-27-48(35-45)65-41-66(58(62(10,11)12)57(65)61(7,8)9)49-36-47(63(13,14)44-24-19-16-20-25-44)37-51(39-49)68-50-29-30-52-53-34-43(42-22-17-15-18-23-42)28-31-54(53)67(55(52)40-50)56-38-46(32-33-64-56)60(4,5)6/h15-40H,41H2,1-14H3. The molecule has 0 spiro atoms. The first-order valence-electron chi connectivity index (χ1n) is 24.4. The molecule has 5 nitrogen and oxygen atoms in total. The first-order valence-corrected chi connectivity index (χ1v) is 24.4. The smallest absolute Gasteiger partial charge is 0.137 e. The summed E-state index contributed by atoms with van der Waals surface area (Å²) in [5.74, 6) is 2.45. The van der Waals surface area contributed by atoms with Crippen molar-refractivity contribution in [3.8, 4) is 28.4 Å². The van der Waals surface area contributed by atoms with E-state index in [2.05, 4.69) is 263 Å². The second kappa shape index (κ2) is 16.9. The van der Waals surface area contributed by atoms with Crippen molar-refractivity contribution in [1.29, 1.82) is 0 Å². The summed E-state index contributed by atoms with van der Waals surface area (Å²) in [6, 6.07) is 55.3. The van der Waals surface area contributed by atoms with Crippen molar-refractivity contribution in [2.24, 2.45) is 10.8 Å². The second-order valence-corrected chi connectivity index (χ2v) is 23.6. The highest BCUT2D eigenvalue weighted by molar-refractivity contribution is 6.10. The van der Waals surface area contributed by atoms with Crippen LogP contribution in [0.15, 0.2) is 169 Å². The van der Waals surface area contributed by atoms with Gasteiger partial charge in [0.2, 0.25) is 0 Å². The molecule has 0 fully saturated rings. The third kappa shape index (κ3) is 8.84. The summed E-state index contributed by atoms with van der Waals surface area (Å²) in [5.41, 5.74) is 13.8. The average molecular weight is 899 g/mol. The minimum absolute atomic E-state index is 0.0208. The Hall–Kier alpha value is -6.59. The van der Waals surface area contributed by atoms with Gasteiger partial charge in [0.1, 0.15) is 17.3 Å². The topological polar surface area (TPSA) is 33.5 Å². The van der Waals surface area contributed by atoms with E-state index in [1.165, 1.54) is 55.8 Å². The normalized spacial score (nSPS) is 14.1. The molecule has 9 rings (SSSR count). The summed E-state index contributed by atoms with van der Waals surface area (Å²) < 4.78 is 9.52. The van der Waals surface area contributed by atoms with E-state index < -0.39 is 0 Å². The van der Waals surface area contributed by atoms with E-state index >= 15 is 0 Å². The summed E-state index contributed by atoms with van der Waals surface area (Å²) in [7, 11) is 0. The fourth-order valence-corrected chi connectivity index (χ4v) is 10.1. The average Bonchev–Trinajstić information content (AvgIpc) is 3.87.